The molecule has 0 aromatic heterocycles. The highest BCUT2D eigenvalue weighted by Crippen LogP contribution is 2.53. The molecule has 1 saturated heterocycles. The number of fused-ring (bicyclic) bond motifs is 5. The molecule has 3 nitrogen and oxygen atoms in total. The summed E-state index contributed by atoms with van der Waals surface area (Å²) in [5, 5.41) is 0. The van der Waals surface area contributed by atoms with Crippen LogP contribution in [0.4, 0.5) is 14.5 Å². The average Bonchev–Trinajstić information content (AvgIpc) is 3.06. The first-order valence-corrected chi connectivity index (χ1v) is 6.59. The molecule has 0 radical (unpaired) electrons. The van der Waals surface area contributed by atoms with Crippen molar-refractivity contribution in [2.45, 2.75) is 6.42 Å². The Morgan fingerprint density at radius 3 is 2.15 bits per heavy atom. The number of rotatable bonds is 1. The van der Waals surface area contributed by atoms with Gasteiger partial charge in [-0.2, -0.15) is 0 Å². The van der Waals surface area contributed by atoms with Gasteiger partial charge in [0.05, 0.1) is 17.5 Å². The van der Waals surface area contributed by atoms with Crippen LogP contribution in [0.25, 0.3) is 0 Å². The highest BCUT2D eigenvalue weighted by atomic mass is 19.1. The summed E-state index contributed by atoms with van der Waals surface area (Å²) in [6.07, 6.45) is 4.77. The SMILES string of the molecule is O=C1[C@@H]2[C@H](C(=O)N1c1ccc(F)cc1F)[C@H]1C=C[C@H]2C1. The zero-order valence-electron chi connectivity index (χ0n) is 10.4. The summed E-state index contributed by atoms with van der Waals surface area (Å²) in [4.78, 5) is 25.8. The van der Waals surface area contributed by atoms with Gasteiger partial charge in [-0.1, -0.05) is 12.2 Å². The summed E-state index contributed by atoms with van der Waals surface area (Å²) in [6.45, 7) is 0. The lowest BCUT2D eigenvalue weighted by Crippen LogP contribution is -2.33. The van der Waals surface area contributed by atoms with E-state index >= 15 is 0 Å². The highest BCUT2D eigenvalue weighted by Gasteiger charge is 2.59. The fourth-order valence-corrected chi connectivity index (χ4v) is 3.80. The maximum absolute atomic E-state index is 13.8. The molecule has 1 aliphatic heterocycles. The number of carbonyl (C=O) groups excluding carboxylic acids is 2. The van der Waals surface area contributed by atoms with E-state index in [0.29, 0.717) is 6.07 Å². The summed E-state index contributed by atoms with van der Waals surface area (Å²) >= 11 is 0. The highest BCUT2D eigenvalue weighted by molar-refractivity contribution is 6.22. The van der Waals surface area contributed by atoms with Crippen LogP contribution in [0.1, 0.15) is 6.42 Å². The number of hydrogen-bond acceptors (Lipinski definition) is 2. The average molecular weight is 275 g/mol. The number of halogens is 2. The topological polar surface area (TPSA) is 37.4 Å². The number of anilines is 1. The van der Waals surface area contributed by atoms with E-state index in [-0.39, 0.29) is 41.2 Å². The van der Waals surface area contributed by atoms with Crippen molar-refractivity contribution in [3.05, 3.63) is 42.0 Å². The predicted octanol–water partition coefficient (Wildman–Crippen LogP) is 2.28. The largest absolute Gasteiger partial charge is 0.274 e. The first kappa shape index (κ1) is 11.8. The van der Waals surface area contributed by atoms with Crippen LogP contribution < -0.4 is 4.90 Å². The molecule has 102 valence electrons. The van der Waals surface area contributed by atoms with Crippen LogP contribution in [0, 0.1) is 35.3 Å². The third kappa shape index (κ3) is 1.32. The minimum absolute atomic E-state index is 0.0787. The van der Waals surface area contributed by atoms with Crippen LogP contribution in [0.5, 0.6) is 0 Å². The molecule has 1 aromatic carbocycles. The number of hydrogen-bond donors (Lipinski definition) is 0. The quantitative estimate of drug-likeness (QED) is 0.582. The Morgan fingerprint density at radius 2 is 1.60 bits per heavy atom. The number of benzene rings is 1. The third-order valence-corrected chi connectivity index (χ3v) is 4.62. The number of nitrogens with zero attached hydrogens (tertiary/aromatic N) is 1. The van der Waals surface area contributed by atoms with Crippen LogP contribution in [-0.4, -0.2) is 11.8 Å². The maximum Gasteiger partial charge on any atom is 0.238 e. The Morgan fingerprint density at radius 1 is 1.00 bits per heavy atom. The van der Waals surface area contributed by atoms with Crippen molar-refractivity contribution in [3.8, 4) is 0 Å². The molecular formula is C15H11F2NO2. The van der Waals surface area contributed by atoms with Crippen molar-refractivity contribution in [2.24, 2.45) is 23.7 Å². The van der Waals surface area contributed by atoms with Gasteiger partial charge in [0.15, 0.2) is 0 Å². The van der Waals surface area contributed by atoms with E-state index in [4.69, 9.17) is 0 Å². The third-order valence-electron chi connectivity index (χ3n) is 4.62. The molecule has 5 heteroatoms. The van der Waals surface area contributed by atoms with Gasteiger partial charge in [-0.3, -0.25) is 9.59 Å². The molecule has 4 rings (SSSR count). The molecule has 1 heterocycles. The molecule has 0 N–H and O–H groups in total. The Bertz CT molecular complexity index is 640. The summed E-state index contributed by atoms with van der Waals surface area (Å²) in [5.74, 6) is -2.92. The van der Waals surface area contributed by atoms with Crippen molar-refractivity contribution in [1.82, 2.24) is 0 Å². The Kier molecular flexibility index (Phi) is 2.20. The minimum atomic E-state index is -0.882. The lowest BCUT2D eigenvalue weighted by atomic mass is 9.85. The fourth-order valence-electron chi connectivity index (χ4n) is 3.80. The van der Waals surface area contributed by atoms with Crippen molar-refractivity contribution in [3.63, 3.8) is 0 Å². The summed E-state index contributed by atoms with van der Waals surface area (Å²) in [5.41, 5.74) is -0.143. The molecule has 2 amide bonds. The summed E-state index contributed by atoms with van der Waals surface area (Å²) in [6, 6.07) is 2.90. The minimum Gasteiger partial charge on any atom is -0.274 e. The second kappa shape index (κ2) is 3.75. The van der Waals surface area contributed by atoms with Gasteiger partial charge in [0.2, 0.25) is 11.8 Å². The van der Waals surface area contributed by atoms with E-state index in [0.717, 1.165) is 23.5 Å². The molecule has 1 saturated carbocycles. The molecule has 0 unspecified atom stereocenters. The Labute approximate surface area is 113 Å². The lowest BCUT2D eigenvalue weighted by Gasteiger charge is -2.17. The summed E-state index contributed by atoms with van der Waals surface area (Å²) < 4.78 is 26.8. The second-order valence-corrected chi connectivity index (χ2v) is 5.61. The van der Waals surface area contributed by atoms with Gasteiger partial charge in [0.1, 0.15) is 11.6 Å². The van der Waals surface area contributed by atoms with Gasteiger partial charge in [0.25, 0.3) is 0 Å². The van der Waals surface area contributed by atoms with Crippen molar-refractivity contribution >= 4 is 17.5 Å². The molecule has 4 atom stereocenters. The molecule has 1 aromatic rings. The van der Waals surface area contributed by atoms with E-state index in [2.05, 4.69) is 0 Å². The lowest BCUT2D eigenvalue weighted by molar-refractivity contribution is -0.123. The number of imide groups is 1. The van der Waals surface area contributed by atoms with Crippen LogP contribution in [0.2, 0.25) is 0 Å². The van der Waals surface area contributed by atoms with Crippen LogP contribution >= 0.6 is 0 Å². The predicted molar refractivity (Wildman–Crippen MR) is 66.6 cm³/mol. The van der Waals surface area contributed by atoms with E-state index in [1.54, 1.807) is 0 Å². The molecule has 20 heavy (non-hydrogen) atoms. The Balaban J connectivity index is 1.78. The first-order chi connectivity index (χ1) is 9.58. The molecule has 0 spiro atoms. The van der Waals surface area contributed by atoms with Gasteiger partial charge < -0.3 is 0 Å². The van der Waals surface area contributed by atoms with Crippen LogP contribution in [0.3, 0.4) is 0 Å². The van der Waals surface area contributed by atoms with Gasteiger partial charge in [-0.15, -0.1) is 0 Å². The maximum atomic E-state index is 13.8. The normalized spacial score (nSPS) is 34.2. The molecular weight excluding hydrogens is 264 g/mol. The number of amides is 2. The van der Waals surface area contributed by atoms with Gasteiger partial charge in [0, 0.05) is 6.07 Å². The smallest absolute Gasteiger partial charge is 0.238 e. The van der Waals surface area contributed by atoms with Crippen molar-refractivity contribution in [2.75, 3.05) is 4.90 Å². The Hall–Kier alpha value is -2.04. The van der Waals surface area contributed by atoms with E-state index in [9.17, 15) is 18.4 Å². The number of carbonyl (C=O) groups is 2. The zero-order chi connectivity index (χ0) is 14.0. The van der Waals surface area contributed by atoms with Crippen molar-refractivity contribution in [1.29, 1.82) is 0 Å². The standard InChI is InChI=1S/C15H11F2NO2/c16-9-3-4-11(10(17)6-9)18-14(19)12-7-1-2-8(5-7)13(12)15(18)20/h1-4,6-8,12-13H,5H2/t7-,8-,12-,13+/m0/s1. The summed E-state index contributed by atoms with van der Waals surface area (Å²) in [7, 11) is 0. The van der Waals surface area contributed by atoms with Gasteiger partial charge in [-0.25, -0.2) is 13.7 Å². The van der Waals surface area contributed by atoms with Crippen molar-refractivity contribution < 1.29 is 18.4 Å². The molecule has 2 fully saturated rings. The van der Waals surface area contributed by atoms with Crippen LogP contribution in [0.15, 0.2) is 30.4 Å². The zero-order valence-corrected chi connectivity index (χ0v) is 10.4. The van der Waals surface area contributed by atoms with Gasteiger partial charge in [-0.05, 0) is 30.4 Å². The molecule has 2 aliphatic carbocycles. The molecule has 2 bridgehead atoms. The van der Waals surface area contributed by atoms with Crippen LogP contribution in [-0.2, 0) is 9.59 Å². The monoisotopic (exact) mass is 275 g/mol. The van der Waals surface area contributed by atoms with E-state index < -0.39 is 11.6 Å². The number of allylic oxidation sites excluding steroid dienone is 2. The first-order valence-electron chi connectivity index (χ1n) is 6.59. The molecule has 3 aliphatic rings. The van der Waals surface area contributed by atoms with E-state index in [1.807, 2.05) is 12.2 Å². The second-order valence-electron chi connectivity index (χ2n) is 5.61. The van der Waals surface area contributed by atoms with Gasteiger partial charge >= 0.3 is 0 Å². The van der Waals surface area contributed by atoms with E-state index in [1.165, 1.54) is 0 Å². The fraction of sp³-hybridized carbons (Fsp3) is 0.333.